The number of hydrogen-bond donors (Lipinski definition) is 2. The van der Waals surface area contributed by atoms with Crippen molar-refractivity contribution < 1.29 is 22.7 Å². The lowest BCUT2D eigenvalue weighted by Crippen LogP contribution is -2.49. The van der Waals surface area contributed by atoms with Gasteiger partial charge >= 0.3 is 0 Å². The number of amides is 2. The Labute approximate surface area is 196 Å². The van der Waals surface area contributed by atoms with Crippen LogP contribution in [-0.4, -0.2) is 50.8 Å². The standard InChI is InChI=1S/C24H33N3O5S/c1-6-27(7-2)33(30,31)21-14-8-18(9-15-21)16-25-24(29)22(17(3)4)26-23(28)19-10-12-20(32-5)13-11-19/h8-15,17,22H,6-7,16H2,1-5H3,(H,25,29)(H,26,28). The fourth-order valence-corrected chi connectivity index (χ4v) is 4.75. The zero-order valence-corrected chi connectivity index (χ0v) is 20.6. The summed E-state index contributed by atoms with van der Waals surface area (Å²) >= 11 is 0. The summed E-state index contributed by atoms with van der Waals surface area (Å²) in [6, 6.07) is 12.4. The van der Waals surface area contributed by atoms with Crippen LogP contribution in [0.4, 0.5) is 0 Å². The van der Waals surface area contributed by atoms with Gasteiger partial charge in [-0.05, 0) is 47.9 Å². The average molecular weight is 476 g/mol. The number of rotatable bonds is 11. The van der Waals surface area contributed by atoms with Crippen molar-refractivity contribution in [2.45, 2.75) is 45.2 Å². The highest BCUT2D eigenvalue weighted by atomic mass is 32.2. The summed E-state index contributed by atoms with van der Waals surface area (Å²) in [5, 5.41) is 5.61. The fourth-order valence-electron chi connectivity index (χ4n) is 3.29. The van der Waals surface area contributed by atoms with Gasteiger partial charge in [-0.25, -0.2) is 8.42 Å². The molecule has 0 radical (unpaired) electrons. The number of sulfonamides is 1. The number of carbonyl (C=O) groups is 2. The second kappa shape index (κ2) is 11.8. The Morgan fingerprint density at radius 1 is 0.970 bits per heavy atom. The molecule has 0 fully saturated rings. The molecule has 0 bridgehead atoms. The second-order valence-electron chi connectivity index (χ2n) is 7.87. The molecule has 2 N–H and O–H groups in total. The Morgan fingerprint density at radius 3 is 2.03 bits per heavy atom. The van der Waals surface area contributed by atoms with Gasteiger partial charge < -0.3 is 15.4 Å². The van der Waals surface area contributed by atoms with Gasteiger partial charge in [-0.15, -0.1) is 0 Å². The molecule has 0 heterocycles. The maximum Gasteiger partial charge on any atom is 0.251 e. The highest BCUT2D eigenvalue weighted by molar-refractivity contribution is 7.89. The number of nitrogens with zero attached hydrogens (tertiary/aromatic N) is 1. The van der Waals surface area contributed by atoms with Crippen molar-refractivity contribution in [3.05, 3.63) is 59.7 Å². The monoisotopic (exact) mass is 475 g/mol. The molecule has 2 aromatic rings. The van der Waals surface area contributed by atoms with Crippen LogP contribution >= 0.6 is 0 Å². The van der Waals surface area contributed by atoms with E-state index in [0.717, 1.165) is 5.56 Å². The minimum atomic E-state index is -3.53. The van der Waals surface area contributed by atoms with Gasteiger partial charge in [-0.3, -0.25) is 9.59 Å². The molecule has 0 aliphatic heterocycles. The summed E-state index contributed by atoms with van der Waals surface area (Å²) in [6.45, 7) is 8.31. The molecule has 9 heteroatoms. The van der Waals surface area contributed by atoms with Gasteiger partial charge in [0, 0.05) is 25.2 Å². The van der Waals surface area contributed by atoms with Crippen molar-refractivity contribution in [3.63, 3.8) is 0 Å². The van der Waals surface area contributed by atoms with Gasteiger partial charge in [-0.1, -0.05) is 39.8 Å². The van der Waals surface area contributed by atoms with Gasteiger partial charge in [0.1, 0.15) is 11.8 Å². The minimum Gasteiger partial charge on any atom is -0.497 e. The predicted molar refractivity (Wildman–Crippen MR) is 127 cm³/mol. The van der Waals surface area contributed by atoms with E-state index < -0.39 is 16.1 Å². The van der Waals surface area contributed by atoms with Crippen LogP contribution in [0.15, 0.2) is 53.4 Å². The van der Waals surface area contributed by atoms with E-state index in [0.29, 0.717) is 24.4 Å². The quantitative estimate of drug-likeness (QED) is 0.520. The molecule has 2 aromatic carbocycles. The van der Waals surface area contributed by atoms with Crippen LogP contribution in [0.5, 0.6) is 5.75 Å². The Balaban J connectivity index is 2.02. The number of benzene rings is 2. The molecule has 2 rings (SSSR count). The van der Waals surface area contributed by atoms with Crippen molar-refractivity contribution in [1.29, 1.82) is 0 Å². The molecule has 1 atom stereocenters. The summed E-state index contributed by atoms with van der Waals surface area (Å²) in [5.41, 5.74) is 1.19. The zero-order chi connectivity index (χ0) is 24.6. The molecule has 0 saturated heterocycles. The van der Waals surface area contributed by atoms with E-state index in [1.807, 2.05) is 13.8 Å². The topological polar surface area (TPSA) is 105 Å². The second-order valence-corrected chi connectivity index (χ2v) is 9.81. The Hall–Kier alpha value is -2.91. The summed E-state index contributed by atoms with van der Waals surface area (Å²) in [7, 11) is -1.98. The third-order valence-corrected chi connectivity index (χ3v) is 7.39. The largest absolute Gasteiger partial charge is 0.497 e. The molecule has 0 aromatic heterocycles. The molecule has 8 nitrogen and oxygen atoms in total. The smallest absolute Gasteiger partial charge is 0.251 e. The summed E-state index contributed by atoms with van der Waals surface area (Å²) < 4.78 is 31.7. The highest BCUT2D eigenvalue weighted by Gasteiger charge is 2.25. The Morgan fingerprint density at radius 2 is 1.55 bits per heavy atom. The summed E-state index contributed by atoms with van der Waals surface area (Å²) in [6.07, 6.45) is 0. The van der Waals surface area contributed by atoms with Crippen molar-refractivity contribution in [3.8, 4) is 5.75 Å². The third kappa shape index (κ3) is 6.79. The van der Waals surface area contributed by atoms with Gasteiger partial charge in [0.15, 0.2) is 0 Å². The van der Waals surface area contributed by atoms with E-state index in [-0.39, 0.29) is 29.2 Å². The molecule has 1 unspecified atom stereocenters. The Bertz CT molecular complexity index is 1030. The summed E-state index contributed by atoms with van der Waals surface area (Å²) in [4.78, 5) is 25.6. The van der Waals surface area contributed by atoms with Crippen molar-refractivity contribution >= 4 is 21.8 Å². The van der Waals surface area contributed by atoms with Crippen LogP contribution in [0.2, 0.25) is 0 Å². The van der Waals surface area contributed by atoms with Crippen molar-refractivity contribution in [2.75, 3.05) is 20.2 Å². The minimum absolute atomic E-state index is 0.131. The van der Waals surface area contributed by atoms with E-state index in [9.17, 15) is 18.0 Å². The van der Waals surface area contributed by atoms with Crippen LogP contribution in [0, 0.1) is 5.92 Å². The Kier molecular flexibility index (Phi) is 9.43. The van der Waals surface area contributed by atoms with Crippen molar-refractivity contribution in [1.82, 2.24) is 14.9 Å². The number of ether oxygens (including phenoxy) is 1. The lowest BCUT2D eigenvalue weighted by atomic mass is 10.0. The van der Waals surface area contributed by atoms with Gasteiger partial charge in [-0.2, -0.15) is 4.31 Å². The average Bonchev–Trinajstić information content (AvgIpc) is 2.81. The fraction of sp³-hybridized carbons (Fsp3) is 0.417. The first kappa shape index (κ1) is 26.3. The van der Waals surface area contributed by atoms with Crippen LogP contribution in [0.1, 0.15) is 43.6 Å². The molecule has 0 aliphatic rings. The maximum atomic E-state index is 12.8. The molecule has 2 amide bonds. The lowest BCUT2D eigenvalue weighted by molar-refractivity contribution is -0.124. The van der Waals surface area contributed by atoms with E-state index in [1.54, 1.807) is 69.5 Å². The van der Waals surface area contributed by atoms with E-state index in [1.165, 1.54) is 4.31 Å². The molecule has 0 saturated carbocycles. The van der Waals surface area contributed by atoms with Crippen LogP contribution in [0.25, 0.3) is 0 Å². The van der Waals surface area contributed by atoms with Crippen LogP contribution < -0.4 is 15.4 Å². The zero-order valence-electron chi connectivity index (χ0n) is 19.8. The molecule has 0 spiro atoms. The molecular formula is C24H33N3O5S. The van der Waals surface area contributed by atoms with Gasteiger partial charge in [0.05, 0.1) is 12.0 Å². The molecule has 180 valence electrons. The van der Waals surface area contributed by atoms with Crippen LogP contribution in [-0.2, 0) is 21.4 Å². The third-order valence-electron chi connectivity index (χ3n) is 5.32. The lowest BCUT2D eigenvalue weighted by Gasteiger charge is -2.22. The first-order chi connectivity index (χ1) is 15.6. The van der Waals surface area contributed by atoms with E-state index >= 15 is 0 Å². The number of carbonyl (C=O) groups excluding carboxylic acids is 2. The SMILES string of the molecule is CCN(CC)S(=O)(=O)c1ccc(CNC(=O)C(NC(=O)c2ccc(OC)cc2)C(C)C)cc1. The number of methoxy groups -OCH3 is 1. The molecule has 33 heavy (non-hydrogen) atoms. The van der Waals surface area contributed by atoms with Gasteiger partial charge in [0.25, 0.3) is 5.91 Å². The first-order valence-corrected chi connectivity index (χ1v) is 12.4. The van der Waals surface area contributed by atoms with Gasteiger partial charge in [0.2, 0.25) is 15.9 Å². The summed E-state index contributed by atoms with van der Waals surface area (Å²) in [5.74, 6) is -0.154. The van der Waals surface area contributed by atoms with E-state index in [2.05, 4.69) is 10.6 Å². The first-order valence-electron chi connectivity index (χ1n) is 11.0. The normalized spacial score (nSPS) is 12.5. The highest BCUT2D eigenvalue weighted by Crippen LogP contribution is 2.16. The van der Waals surface area contributed by atoms with E-state index in [4.69, 9.17) is 4.74 Å². The molecular weight excluding hydrogens is 442 g/mol. The maximum absolute atomic E-state index is 12.8. The number of hydrogen-bond acceptors (Lipinski definition) is 5. The van der Waals surface area contributed by atoms with Crippen LogP contribution in [0.3, 0.4) is 0 Å². The van der Waals surface area contributed by atoms with Crippen molar-refractivity contribution in [2.24, 2.45) is 5.92 Å². The molecule has 0 aliphatic carbocycles. The predicted octanol–water partition coefficient (Wildman–Crippen LogP) is 2.80. The number of nitrogens with one attached hydrogen (secondary N) is 2.